The summed E-state index contributed by atoms with van der Waals surface area (Å²) in [5.41, 5.74) is 1.86. The number of rotatable bonds is 2. The molecule has 0 unspecified atom stereocenters. The fraction of sp³-hybridized carbons (Fsp3) is 0.0909. The first-order valence-corrected chi connectivity index (χ1v) is 4.20. The minimum Gasteiger partial charge on any atom is -0.452 e. The number of furan rings is 1. The van der Waals surface area contributed by atoms with E-state index in [0.717, 1.165) is 5.56 Å². The van der Waals surface area contributed by atoms with E-state index in [1.165, 1.54) is 0 Å². The van der Waals surface area contributed by atoms with Gasteiger partial charge in [-0.3, -0.25) is 9.59 Å². The standard InChI is InChI=1S/C11H8O3/c1-7-3-2-4-8-9(5-12)10(6-13)14-11(7)8/h2-6H,1H3. The van der Waals surface area contributed by atoms with Gasteiger partial charge in [0.05, 0.1) is 5.56 Å². The van der Waals surface area contributed by atoms with Gasteiger partial charge < -0.3 is 4.42 Å². The Morgan fingerprint density at radius 1 is 1.21 bits per heavy atom. The van der Waals surface area contributed by atoms with Gasteiger partial charge in [0, 0.05) is 5.39 Å². The van der Waals surface area contributed by atoms with Crippen LogP contribution in [0.15, 0.2) is 22.6 Å². The molecule has 0 spiro atoms. The molecular weight excluding hydrogens is 180 g/mol. The predicted octanol–water partition coefficient (Wildman–Crippen LogP) is 2.37. The second-order valence-electron chi connectivity index (χ2n) is 3.07. The average molecular weight is 188 g/mol. The van der Waals surface area contributed by atoms with Crippen LogP contribution in [-0.4, -0.2) is 12.6 Å². The molecular formula is C11H8O3. The number of fused-ring (bicyclic) bond motifs is 1. The monoisotopic (exact) mass is 188 g/mol. The van der Waals surface area contributed by atoms with Crippen LogP contribution in [0.3, 0.4) is 0 Å². The van der Waals surface area contributed by atoms with Crippen LogP contribution in [0.4, 0.5) is 0 Å². The molecule has 14 heavy (non-hydrogen) atoms. The number of carbonyl (C=O) groups is 2. The molecule has 0 fully saturated rings. The lowest BCUT2D eigenvalue weighted by molar-refractivity contribution is 0.108. The number of hydrogen-bond donors (Lipinski definition) is 0. The van der Waals surface area contributed by atoms with Gasteiger partial charge in [-0.2, -0.15) is 0 Å². The molecule has 0 bridgehead atoms. The van der Waals surface area contributed by atoms with E-state index in [2.05, 4.69) is 0 Å². The lowest BCUT2D eigenvalue weighted by Crippen LogP contribution is -1.83. The fourth-order valence-electron chi connectivity index (χ4n) is 1.51. The highest BCUT2D eigenvalue weighted by atomic mass is 16.3. The molecule has 0 saturated carbocycles. The van der Waals surface area contributed by atoms with Crippen LogP contribution in [-0.2, 0) is 0 Å². The van der Waals surface area contributed by atoms with Crippen molar-refractivity contribution < 1.29 is 14.0 Å². The van der Waals surface area contributed by atoms with Gasteiger partial charge in [0.25, 0.3) is 0 Å². The highest BCUT2D eigenvalue weighted by Gasteiger charge is 2.13. The molecule has 1 heterocycles. The highest BCUT2D eigenvalue weighted by molar-refractivity contribution is 6.03. The van der Waals surface area contributed by atoms with Crippen molar-refractivity contribution in [2.75, 3.05) is 0 Å². The zero-order valence-electron chi connectivity index (χ0n) is 7.61. The van der Waals surface area contributed by atoms with E-state index in [4.69, 9.17) is 4.42 Å². The van der Waals surface area contributed by atoms with Crippen molar-refractivity contribution in [3.05, 3.63) is 35.1 Å². The molecule has 0 amide bonds. The van der Waals surface area contributed by atoms with Crippen LogP contribution >= 0.6 is 0 Å². The van der Waals surface area contributed by atoms with E-state index in [9.17, 15) is 9.59 Å². The average Bonchev–Trinajstić information content (AvgIpc) is 2.57. The third-order valence-corrected chi connectivity index (χ3v) is 2.20. The predicted molar refractivity (Wildman–Crippen MR) is 51.7 cm³/mol. The van der Waals surface area contributed by atoms with Gasteiger partial charge in [0.15, 0.2) is 18.3 Å². The Labute approximate surface area is 80.3 Å². The van der Waals surface area contributed by atoms with Gasteiger partial charge in [-0.05, 0) is 12.5 Å². The maximum Gasteiger partial charge on any atom is 0.186 e. The molecule has 0 aliphatic carbocycles. The third kappa shape index (κ3) is 1.06. The Morgan fingerprint density at radius 2 is 2.00 bits per heavy atom. The summed E-state index contributed by atoms with van der Waals surface area (Å²) in [7, 11) is 0. The molecule has 0 aliphatic rings. The normalized spacial score (nSPS) is 10.4. The molecule has 3 nitrogen and oxygen atoms in total. The minimum atomic E-state index is 0.101. The summed E-state index contributed by atoms with van der Waals surface area (Å²) in [4.78, 5) is 21.4. The minimum absolute atomic E-state index is 0.101. The van der Waals surface area contributed by atoms with E-state index in [0.29, 0.717) is 29.1 Å². The maximum absolute atomic E-state index is 10.8. The summed E-state index contributed by atoms with van der Waals surface area (Å²) in [6, 6.07) is 5.46. The Kier molecular flexibility index (Phi) is 1.93. The fourth-order valence-corrected chi connectivity index (χ4v) is 1.51. The van der Waals surface area contributed by atoms with Crippen LogP contribution in [0.1, 0.15) is 26.5 Å². The van der Waals surface area contributed by atoms with Crippen LogP contribution < -0.4 is 0 Å². The van der Waals surface area contributed by atoms with Gasteiger partial charge in [0.2, 0.25) is 0 Å². The summed E-state index contributed by atoms with van der Waals surface area (Å²) >= 11 is 0. The molecule has 1 aromatic heterocycles. The Bertz CT molecular complexity index is 508. The highest BCUT2D eigenvalue weighted by Crippen LogP contribution is 2.25. The lowest BCUT2D eigenvalue weighted by Gasteiger charge is -1.91. The second-order valence-corrected chi connectivity index (χ2v) is 3.07. The van der Waals surface area contributed by atoms with Crippen LogP contribution in [0.25, 0.3) is 11.0 Å². The zero-order chi connectivity index (χ0) is 10.1. The van der Waals surface area contributed by atoms with Crippen molar-refractivity contribution in [2.24, 2.45) is 0 Å². The Balaban J connectivity index is 2.93. The smallest absolute Gasteiger partial charge is 0.186 e. The molecule has 2 rings (SSSR count). The number of carbonyl (C=O) groups excluding carboxylic acids is 2. The van der Waals surface area contributed by atoms with Crippen LogP contribution in [0, 0.1) is 6.92 Å². The summed E-state index contributed by atoms with van der Waals surface area (Å²) in [5, 5.41) is 0.696. The summed E-state index contributed by atoms with van der Waals surface area (Å²) < 4.78 is 5.27. The van der Waals surface area contributed by atoms with Gasteiger partial charge in [-0.25, -0.2) is 0 Å². The van der Waals surface area contributed by atoms with Crippen LogP contribution in [0.5, 0.6) is 0 Å². The van der Waals surface area contributed by atoms with Gasteiger partial charge >= 0.3 is 0 Å². The molecule has 0 radical (unpaired) electrons. The Hall–Kier alpha value is -1.90. The first-order valence-electron chi connectivity index (χ1n) is 4.20. The molecule has 70 valence electrons. The first kappa shape index (κ1) is 8.69. The molecule has 0 atom stereocenters. The molecule has 3 heteroatoms. The quantitative estimate of drug-likeness (QED) is 0.679. The number of benzene rings is 1. The van der Waals surface area contributed by atoms with Gasteiger partial charge in [-0.15, -0.1) is 0 Å². The molecule has 0 aliphatic heterocycles. The molecule has 0 N–H and O–H groups in total. The number of para-hydroxylation sites is 1. The number of hydrogen-bond acceptors (Lipinski definition) is 3. The summed E-state index contributed by atoms with van der Waals surface area (Å²) in [6.07, 6.45) is 1.21. The van der Waals surface area contributed by atoms with Crippen molar-refractivity contribution in [3.63, 3.8) is 0 Å². The third-order valence-electron chi connectivity index (χ3n) is 2.20. The van der Waals surface area contributed by atoms with Crippen LogP contribution in [0.2, 0.25) is 0 Å². The zero-order valence-corrected chi connectivity index (χ0v) is 7.61. The first-order chi connectivity index (χ1) is 6.77. The number of aldehydes is 2. The van der Waals surface area contributed by atoms with Crippen molar-refractivity contribution in [1.29, 1.82) is 0 Å². The molecule has 2 aromatic rings. The largest absolute Gasteiger partial charge is 0.452 e. The van der Waals surface area contributed by atoms with E-state index in [-0.39, 0.29) is 5.76 Å². The second kappa shape index (κ2) is 3.10. The topological polar surface area (TPSA) is 47.3 Å². The van der Waals surface area contributed by atoms with Crippen molar-refractivity contribution in [1.82, 2.24) is 0 Å². The van der Waals surface area contributed by atoms with E-state index < -0.39 is 0 Å². The van der Waals surface area contributed by atoms with Crippen molar-refractivity contribution >= 4 is 23.5 Å². The van der Waals surface area contributed by atoms with E-state index in [1.54, 1.807) is 6.07 Å². The SMILES string of the molecule is Cc1cccc2c(C=O)c(C=O)oc12. The van der Waals surface area contributed by atoms with E-state index in [1.807, 2.05) is 19.1 Å². The number of aryl methyl sites for hydroxylation is 1. The van der Waals surface area contributed by atoms with Crippen molar-refractivity contribution in [3.8, 4) is 0 Å². The van der Waals surface area contributed by atoms with Gasteiger partial charge in [0.1, 0.15) is 5.58 Å². The molecule has 0 saturated heterocycles. The summed E-state index contributed by atoms with van der Waals surface area (Å²) in [5.74, 6) is 0.101. The van der Waals surface area contributed by atoms with Crippen molar-refractivity contribution in [2.45, 2.75) is 6.92 Å². The van der Waals surface area contributed by atoms with E-state index >= 15 is 0 Å². The van der Waals surface area contributed by atoms with Gasteiger partial charge in [-0.1, -0.05) is 18.2 Å². The maximum atomic E-state index is 10.8. The molecule has 1 aromatic carbocycles. The lowest BCUT2D eigenvalue weighted by atomic mass is 10.1. The Morgan fingerprint density at radius 3 is 2.64 bits per heavy atom. The summed E-state index contributed by atoms with van der Waals surface area (Å²) in [6.45, 7) is 1.87.